The smallest absolute Gasteiger partial charge is 0.0531 e. The van der Waals surface area contributed by atoms with Gasteiger partial charge in [0, 0.05) is 24.9 Å². The van der Waals surface area contributed by atoms with Gasteiger partial charge in [0.25, 0.3) is 0 Å². The molecule has 0 spiro atoms. The van der Waals surface area contributed by atoms with E-state index in [0.717, 1.165) is 0 Å². The molecule has 0 atom stereocenters. The largest absolute Gasteiger partial charge is 0.396 e. The van der Waals surface area contributed by atoms with Crippen LogP contribution in [-0.4, -0.2) is 35.1 Å². The van der Waals surface area contributed by atoms with Gasteiger partial charge in [-0.3, -0.25) is 0 Å². The van der Waals surface area contributed by atoms with Crippen LogP contribution in [-0.2, 0) is 19.5 Å². The maximum absolute atomic E-state index is 8.66. The fourth-order valence-corrected chi connectivity index (χ4v) is 0.485. The third-order valence-corrected chi connectivity index (χ3v) is 1.76. The second-order valence-corrected chi connectivity index (χ2v) is 2.33. The molecule has 0 aliphatic carbocycles. The molecule has 0 amide bonds. The summed E-state index contributed by atoms with van der Waals surface area (Å²) in [6.45, 7) is 1.35. The van der Waals surface area contributed by atoms with Gasteiger partial charge < -0.3 is 15.3 Å². The van der Waals surface area contributed by atoms with Crippen molar-refractivity contribution < 1.29 is 34.8 Å². The van der Waals surface area contributed by atoms with Crippen LogP contribution in [0, 0.1) is 5.41 Å². The maximum atomic E-state index is 8.66. The van der Waals surface area contributed by atoms with Gasteiger partial charge in [0.05, 0.1) is 19.8 Å². The molecular formula is C6H14O3Zn. The van der Waals surface area contributed by atoms with Crippen molar-refractivity contribution >= 4 is 0 Å². The summed E-state index contributed by atoms with van der Waals surface area (Å²) < 4.78 is 0. The molecule has 0 saturated heterocycles. The first-order valence-electron chi connectivity index (χ1n) is 3.07. The van der Waals surface area contributed by atoms with E-state index >= 15 is 0 Å². The van der Waals surface area contributed by atoms with Gasteiger partial charge in [-0.05, 0) is 6.42 Å². The number of rotatable bonds is 4. The predicted molar refractivity (Wildman–Crippen MR) is 34.0 cm³/mol. The van der Waals surface area contributed by atoms with Crippen molar-refractivity contribution in [3.05, 3.63) is 0 Å². The van der Waals surface area contributed by atoms with E-state index in [1.54, 1.807) is 0 Å². The molecule has 0 aromatic heterocycles. The van der Waals surface area contributed by atoms with Crippen molar-refractivity contribution in [3.8, 4) is 0 Å². The topological polar surface area (TPSA) is 60.7 Å². The normalized spacial score (nSPS) is 10.8. The standard InChI is InChI=1S/C6H14O3.Zn/c1-2-6(3-7,4-8)5-9;/h7-9H,2-5H2,1H3;. The Morgan fingerprint density at radius 3 is 1.30 bits per heavy atom. The summed E-state index contributed by atoms with van der Waals surface area (Å²) in [6, 6.07) is 0. The van der Waals surface area contributed by atoms with Gasteiger partial charge in [-0.15, -0.1) is 0 Å². The Labute approximate surface area is 73.8 Å². The molecule has 58 valence electrons. The van der Waals surface area contributed by atoms with Crippen LogP contribution in [0.3, 0.4) is 0 Å². The Bertz CT molecular complexity index is 55.9. The molecule has 0 aliphatic heterocycles. The molecule has 0 rings (SSSR count). The molecule has 3 nitrogen and oxygen atoms in total. The molecule has 0 heterocycles. The third-order valence-electron chi connectivity index (χ3n) is 1.76. The minimum atomic E-state index is -0.667. The molecule has 0 aliphatic rings. The number of hydrogen-bond acceptors (Lipinski definition) is 3. The van der Waals surface area contributed by atoms with Crippen molar-refractivity contribution in [1.82, 2.24) is 0 Å². The second kappa shape index (κ2) is 6.23. The maximum Gasteiger partial charge on any atom is 0.0531 e. The average molecular weight is 200 g/mol. The van der Waals surface area contributed by atoms with E-state index < -0.39 is 5.41 Å². The van der Waals surface area contributed by atoms with Gasteiger partial charge in [0.15, 0.2) is 0 Å². The molecular weight excluding hydrogens is 185 g/mol. The first kappa shape index (κ1) is 13.1. The molecule has 0 unspecified atom stereocenters. The van der Waals surface area contributed by atoms with Gasteiger partial charge in [-0.25, -0.2) is 0 Å². The Hall–Kier alpha value is 0.503. The van der Waals surface area contributed by atoms with E-state index in [4.69, 9.17) is 15.3 Å². The predicted octanol–water partition coefficient (Wildman–Crippen LogP) is -0.643. The summed E-state index contributed by atoms with van der Waals surface area (Å²) in [7, 11) is 0. The SMILES string of the molecule is CCC(CO)(CO)CO.[Zn]. The number of aliphatic hydroxyl groups is 3. The van der Waals surface area contributed by atoms with Crippen LogP contribution in [0.25, 0.3) is 0 Å². The van der Waals surface area contributed by atoms with Crippen LogP contribution in [0.5, 0.6) is 0 Å². The third kappa shape index (κ3) is 3.06. The second-order valence-electron chi connectivity index (χ2n) is 2.33. The van der Waals surface area contributed by atoms with Crippen LogP contribution >= 0.6 is 0 Å². The average Bonchev–Trinajstić information content (AvgIpc) is 1.95. The molecule has 3 N–H and O–H groups in total. The number of aliphatic hydroxyl groups excluding tert-OH is 3. The molecule has 0 aromatic rings. The van der Waals surface area contributed by atoms with Gasteiger partial charge in [-0.2, -0.15) is 0 Å². The van der Waals surface area contributed by atoms with E-state index in [0.29, 0.717) is 6.42 Å². The van der Waals surface area contributed by atoms with E-state index in [1.807, 2.05) is 6.92 Å². The first-order chi connectivity index (χ1) is 4.24. The monoisotopic (exact) mass is 198 g/mol. The Morgan fingerprint density at radius 1 is 1.00 bits per heavy atom. The van der Waals surface area contributed by atoms with Crippen molar-refractivity contribution in [3.63, 3.8) is 0 Å². The molecule has 0 fully saturated rings. The summed E-state index contributed by atoms with van der Waals surface area (Å²) in [5, 5.41) is 26.0. The Kier molecular flexibility index (Phi) is 8.17. The molecule has 0 radical (unpaired) electrons. The van der Waals surface area contributed by atoms with E-state index in [2.05, 4.69) is 0 Å². The van der Waals surface area contributed by atoms with E-state index in [-0.39, 0.29) is 39.3 Å². The van der Waals surface area contributed by atoms with Crippen molar-refractivity contribution in [2.24, 2.45) is 5.41 Å². The molecule has 10 heavy (non-hydrogen) atoms. The minimum absolute atomic E-state index is 0. The van der Waals surface area contributed by atoms with Crippen molar-refractivity contribution in [1.29, 1.82) is 0 Å². The molecule has 0 aromatic carbocycles. The van der Waals surface area contributed by atoms with Gasteiger partial charge in [-0.1, -0.05) is 6.92 Å². The van der Waals surface area contributed by atoms with Crippen LogP contribution in [0.2, 0.25) is 0 Å². The van der Waals surface area contributed by atoms with Crippen LogP contribution in [0.15, 0.2) is 0 Å². The van der Waals surface area contributed by atoms with E-state index in [1.165, 1.54) is 0 Å². The Morgan fingerprint density at radius 2 is 1.30 bits per heavy atom. The molecule has 0 bridgehead atoms. The molecule has 4 heteroatoms. The fraction of sp³-hybridized carbons (Fsp3) is 1.00. The van der Waals surface area contributed by atoms with Crippen LogP contribution in [0.4, 0.5) is 0 Å². The van der Waals surface area contributed by atoms with Gasteiger partial charge in [0.1, 0.15) is 0 Å². The molecule has 0 saturated carbocycles. The van der Waals surface area contributed by atoms with E-state index in [9.17, 15) is 0 Å². The first-order valence-corrected chi connectivity index (χ1v) is 3.07. The fourth-order valence-electron chi connectivity index (χ4n) is 0.485. The zero-order valence-corrected chi connectivity index (χ0v) is 9.34. The summed E-state index contributed by atoms with van der Waals surface area (Å²) in [5.74, 6) is 0. The number of hydrogen-bond donors (Lipinski definition) is 3. The minimum Gasteiger partial charge on any atom is -0.396 e. The van der Waals surface area contributed by atoms with Crippen molar-refractivity contribution in [2.45, 2.75) is 13.3 Å². The van der Waals surface area contributed by atoms with Crippen molar-refractivity contribution in [2.75, 3.05) is 19.8 Å². The zero-order chi connectivity index (χ0) is 7.33. The summed E-state index contributed by atoms with van der Waals surface area (Å²) in [4.78, 5) is 0. The van der Waals surface area contributed by atoms with Gasteiger partial charge >= 0.3 is 0 Å². The quantitative estimate of drug-likeness (QED) is 0.528. The van der Waals surface area contributed by atoms with Crippen LogP contribution < -0.4 is 0 Å². The van der Waals surface area contributed by atoms with Gasteiger partial charge in [0.2, 0.25) is 0 Å². The summed E-state index contributed by atoms with van der Waals surface area (Å²) in [6.07, 6.45) is 0.594. The zero-order valence-electron chi connectivity index (χ0n) is 6.38. The summed E-state index contributed by atoms with van der Waals surface area (Å²) >= 11 is 0. The van der Waals surface area contributed by atoms with Crippen LogP contribution in [0.1, 0.15) is 13.3 Å². The summed E-state index contributed by atoms with van der Waals surface area (Å²) in [5.41, 5.74) is -0.667. The Balaban J connectivity index is 0.